The summed E-state index contributed by atoms with van der Waals surface area (Å²) in [5.74, 6) is 0. The molecule has 0 aromatic carbocycles. The van der Waals surface area contributed by atoms with Crippen molar-refractivity contribution in [3.05, 3.63) is 44.3 Å². The fourth-order valence-corrected chi connectivity index (χ4v) is 3.92. The molecule has 0 bridgehead atoms. The highest BCUT2D eigenvalue weighted by atomic mass is 32.1. The van der Waals surface area contributed by atoms with E-state index in [2.05, 4.69) is 47.4 Å². The summed E-state index contributed by atoms with van der Waals surface area (Å²) in [7, 11) is 0. The summed E-state index contributed by atoms with van der Waals surface area (Å²) < 4.78 is 0. The SMILES string of the molecule is CCCNC(Cc1ccsc1)c1sccc1CC. The van der Waals surface area contributed by atoms with E-state index in [9.17, 15) is 0 Å². The second-order valence-electron chi connectivity index (χ2n) is 4.51. The number of nitrogens with one attached hydrogen (secondary N) is 1. The Morgan fingerprint density at radius 2 is 2.11 bits per heavy atom. The first-order valence-electron chi connectivity index (χ1n) is 6.65. The van der Waals surface area contributed by atoms with E-state index >= 15 is 0 Å². The van der Waals surface area contributed by atoms with Gasteiger partial charge in [0.1, 0.15) is 0 Å². The molecule has 0 aliphatic rings. The lowest BCUT2D eigenvalue weighted by atomic mass is 10.0. The molecule has 1 N–H and O–H groups in total. The molecule has 0 saturated carbocycles. The summed E-state index contributed by atoms with van der Waals surface area (Å²) in [6.07, 6.45) is 3.43. The Morgan fingerprint density at radius 3 is 2.78 bits per heavy atom. The number of hydrogen-bond acceptors (Lipinski definition) is 3. The van der Waals surface area contributed by atoms with Crippen molar-refractivity contribution in [1.82, 2.24) is 5.32 Å². The third-order valence-electron chi connectivity index (χ3n) is 3.14. The van der Waals surface area contributed by atoms with E-state index in [4.69, 9.17) is 0 Å². The third-order valence-corrected chi connectivity index (χ3v) is 4.94. The lowest BCUT2D eigenvalue weighted by Crippen LogP contribution is -2.24. The Labute approximate surface area is 118 Å². The summed E-state index contributed by atoms with van der Waals surface area (Å²) in [6, 6.07) is 4.99. The van der Waals surface area contributed by atoms with Gasteiger partial charge in [-0.1, -0.05) is 13.8 Å². The van der Waals surface area contributed by atoms with Crippen molar-refractivity contribution in [2.45, 2.75) is 39.2 Å². The van der Waals surface area contributed by atoms with Crippen molar-refractivity contribution in [3.63, 3.8) is 0 Å². The molecule has 0 aliphatic heterocycles. The molecular formula is C15H21NS2. The van der Waals surface area contributed by atoms with Gasteiger partial charge >= 0.3 is 0 Å². The monoisotopic (exact) mass is 279 g/mol. The zero-order valence-corrected chi connectivity index (χ0v) is 12.7. The van der Waals surface area contributed by atoms with E-state index in [1.54, 1.807) is 11.3 Å². The van der Waals surface area contributed by atoms with Crippen LogP contribution in [0.3, 0.4) is 0 Å². The molecule has 1 atom stereocenters. The van der Waals surface area contributed by atoms with Crippen LogP contribution in [0.25, 0.3) is 0 Å². The first-order valence-corrected chi connectivity index (χ1v) is 8.48. The van der Waals surface area contributed by atoms with Crippen molar-refractivity contribution >= 4 is 22.7 Å². The molecular weight excluding hydrogens is 258 g/mol. The van der Waals surface area contributed by atoms with Gasteiger partial charge in [0.2, 0.25) is 0 Å². The van der Waals surface area contributed by atoms with E-state index in [1.807, 2.05) is 11.3 Å². The van der Waals surface area contributed by atoms with Crippen LogP contribution in [0.2, 0.25) is 0 Å². The highest BCUT2D eigenvalue weighted by molar-refractivity contribution is 7.10. The summed E-state index contributed by atoms with van der Waals surface area (Å²) in [4.78, 5) is 1.53. The van der Waals surface area contributed by atoms with Crippen molar-refractivity contribution in [2.24, 2.45) is 0 Å². The topological polar surface area (TPSA) is 12.0 Å². The maximum atomic E-state index is 3.70. The van der Waals surface area contributed by atoms with Gasteiger partial charge in [-0.15, -0.1) is 11.3 Å². The van der Waals surface area contributed by atoms with E-state index in [0.717, 1.165) is 19.4 Å². The Balaban J connectivity index is 2.14. The number of hydrogen-bond donors (Lipinski definition) is 1. The molecule has 2 rings (SSSR count). The van der Waals surface area contributed by atoms with Crippen molar-refractivity contribution < 1.29 is 0 Å². The van der Waals surface area contributed by atoms with Gasteiger partial charge in [-0.05, 0) is 65.2 Å². The molecule has 2 heterocycles. The van der Waals surface area contributed by atoms with E-state index in [1.165, 1.54) is 22.4 Å². The molecule has 2 aromatic heterocycles. The van der Waals surface area contributed by atoms with Crippen LogP contribution in [-0.4, -0.2) is 6.54 Å². The standard InChI is InChI=1S/C15H21NS2/c1-3-7-16-14(10-12-5-8-17-11-12)15-13(4-2)6-9-18-15/h5-6,8-9,11,14,16H,3-4,7,10H2,1-2H3. The van der Waals surface area contributed by atoms with Crippen LogP contribution in [0.5, 0.6) is 0 Å². The second-order valence-corrected chi connectivity index (χ2v) is 6.23. The largest absolute Gasteiger partial charge is 0.309 e. The Kier molecular flexibility index (Phi) is 5.42. The smallest absolute Gasteiger partial charge is 0.0458 e. The average Bonchev–Trinajstić information content (AvgIpc) is 3.04. The lowest BCUT2D eigenvalue weighted by molar-refractivity contribution is 0.534. The number of aryl methyl sites for hydroxylation is 1. The first-order chi connectivity index (χ1) is 8.85. The fraction of sp³-hybridized carbons (Fsp3) is 0.467. The third kappa shape index (κ3) is 3.44. The molecule has 2 aromatic rings. The molecule has 0 saturated heterocycles. The highest BCUT2D eigenvalue weighted by Gasteiger charge is 2.16. The van der Waals surface area contributed by atoms with Crippen LogP contribution in [0.15, 0.2) is 28.3 Å². The van der Waals surface area contributed by atoms with Gasteiger partial charge in [-0.2, -0.15) is 11.3 Å². The molecule has 1 nitrogen and oxygen atoms in total. The lowest BCUT2D eigenvalue weighted by Gasteiger charge is -2.18. The minimum absolute atomic E-state index is 0.481. The quantitative estimate of drug-likeness (QED) is 0.777. The van der Waals surface area contributed by atoms with E-state index < -0.39 is 0 Å². The second kappa shape index (κ2) is 7.07. The molecule has 0 spiro atoms. The molecule has 98 valence electrons. The van der Waals surface area contributed by atoms with Gasteiger partial charge in [0.15, 0.2) is 0 Å². The Morgan fingerprint density at radius 1 is 1.22 bits per heavy atom. The van der Waals surface area contributed by atoms with E-state index in [-0.39, 0.29) is 0 Å². The van der Waals surface area contributed by atoms with Gasteiger partial charge in [0, 0.05) is 10.9 Å². The van der Waals surface area contributed by atoms with Crippen LogP contribution in [0, 0.1) is 0 Å². The average molecular weight is 279 g/mol. The summed E-state index contributed by atoms with van der Waals surface area (Å²) in [5.41, 5.74) is 2.95. The van der Waals surface area contributed by atoms with Crippen LogP contribution in [0.4, 0.5) is 0 Å². The molecule has 0 aliphatic carbocycles. The van der Waals surface area contributed by atoms with Crippen LogP contribution < -0.4 is 5.32 Å². The zero-order valence-electron chi connectivity index (χ0n) is 11.1. The fourth-order valence-electron chi connectivity index (χ4n) is 2.17. The van der Waals surface area contributed by atoms with Crippen LogP contribution in [-0.2, 0) is 12.8 Å². The highest BCUT2D eigenvalue weighted by Crippen LogP contribution is 2.28. The molecule has 18 heavy (non-hydrogen) atoms. The van der Waals surface area contributed by atoms with Gasteiger partial charge in [-0.3, -0.25) is 0 Å². The number of rotatable bonds is 7. The van der Waals surface area contributed by atoms with Crippen molar-refractivity contribution in [3.8, 4) is 0 Å². The van der Waals surface area contributed by atoms with Gasteiger partial charge < -0.3 is 5.32 Å². The van der Waals surface area contributed by atoms with Crippen molar-refractivity contribution in [1.29, 1.82) is 0 Å². The van der Waals surface area contributed by atoms with Gasteiger partial charge in [0.05, 0.1) is 0 Å². The maximum absolute atomic E-state index is 3.70. The van der Waals surface area contributed by atoms with Gasteiger partial charge in [0.25, 0.3) is 0 Å². The zero-order chi connectivity index (χ0) is 12.8. The molecule has 0 radical (unpaired) electrons. The Hall–Kier alpha value is -0.640. The summed E-state index contributed by atoms with van der Waals surface area (Å²) in [6.45, 7) is 5.56. The number of thiophene rings is 2. The summed E-state index contributed by atoms with van der Waals surface area (Å²) in [5, 5.41) is 10.4. The van der Waals surface area contributed by atoms with Crippen molar-refractivity contribution in [2.75, 3.05) is 6.54 Å². The molecule has 3 heteroatoms. The van der Waals surface area contributed by atoms with E-state index in [0.29, 0.717) is 6.04 Å². The van der Waals surface area contributed by atoms with Crippen LogP contribution in [0.1, 0.15) is 42.3 Å². The first kappa shape index (κ1) is 13.8. The minimum atomic E-state index is 0.481. The van der Waals surface area contributed by atoms with Crippen LogP contribution >= 0.6 is 22.7 Å². The normalized spacial score (nSPS) is 12.8. The molecule has 0 amide bonds. The Bertz CT molecular complexity index is 445. The maximum Gasteiger partial charge on any atom is 0.0458 e. The predicted octanol–water partition coefficient (Wildman–Crippen LogP) is 4.66. The molecule has 1 unspecified atom stereocenters. The minimum Gasteiger partial charge on any atom is -0.309 e. The summed E-state index contributed by atoms with van der Waals surface area (Å²) >= 11 is 3.68. The molecule has 0 fully saturated rings. The van der Waals surface area contributed by atoms with Gasteiger partial charge in [-0.25, -0.2) is 0 Å². The predicted molar refractivity (Wildman–Crippen MR) is 82.8 cm³/mol.